The maximum absolute atomic E-state index is 4.75. The number of nitrogens with one attached hydrogen (secondary N) is 2. The molecule has 4 nitrogen and oxygen atoms in total. The second kappa shape index (κ2) is 4.42. The molecule has 0 fully saturated rings. The Hall–Kier alpha value is -2.75. The van der Waals surface area contributed by atoms with Gasteiger partial charge in [-0.15, -0.1) is 0 Å². The zero-order valence-corrected chi connectivity index (χ0v) is 10.9. The number of hydrogen-bond donors (Lipinski definition) is 2. The van der Waals surface area contributed by atoms with E-state index in [1.54, 1.807) is 0 Å². The van der Waals surface area contributed by atoms with Crippen molar-refractivity contribution in [1.82, 2.24) is 19.5 Å². The molecular weight excluding hydrogens is 248 g/mol. The topological polar surface area (TPSA) is 49.4 Å². The summed E-state index contributed by atoms with van der Waals surface area (Å²) in [5, 5.41) is 0. The zero-order valence-electron chi connectivity index (χ0n) is 10.9. The van der Waals surface area contributed by atoms with E-state index in [2.05, 4.69) is 26.7 Å². The van der Waals surface area contributed by atoms with Crippen LogP contribution in [-0.2, 0) is 6.54 Å². The maximum atomic E-state index is 4.75. The lowest BCUT2D eigenvalue weighted by Crippen LogP contribution is -2.02. The molecule has 20 heavy (non-hydrogen) atoms. The van der Waals surface area contributed by atoms with Crippen LogP contribution in [0.4, 0.5) is 0 Å². The monoisotopic (exact) mass is 262 g/mol. The molecule has 0 saturated heterocycles. The van der Waals surface area contributed by atoms with Crippen LogP contribution in [0, 0.1) is 0 Å². The van der Waals surface area contributed by atoms with Crippen LogP contribution in [-0.4, -0.2) is 19.5 Å². The smallest absolute Gasteiger partial charge is 0.157 e. The lowest BCUT2D eigenvalue weighted by molar-refractivity contribution is 0.810. The molecule has 0 aliphatic carbocycles. The predicted molar refractivity (Wildman–Crippen MR) is 79.4 cm³/mol. The van der Waals surface area contributed by atoms with Crippen LogP contribution in [0.3, 0.4) is 0 Å². The van der Waals surface area contributed by atoms with E-state index in [9.17, 15) is 0 Å². The Morgan fingerprint density at radius 1 is 0.900 bits per heavy atom. The molecule has 0 spiro atoms. The van der Waals surface area contributed by atoms with Gasteiger partial charge in [0.2, 0.25) is 0 Å². The van der Waals surface area contributed by atoms with E-state index < -0.39 is 0 Å². The highest BCUT2D eigenvalue weighted by Crippen LogP contribution is 2.24. The van der Waals surface area contributed by atoms with Gasteiger partial charge in [-0.05, 0) is 36.4 Å². The zero-order chi connectivity index (χ0) is 13.4. The molecule has 4 rings (SSSR count). The molecule has 0 bridgehead atoms. The van der Waals surface area contributed by atoms with Crippen molar-refractivity contribution in [3.05, 3.63) is 66.6 Å². The van der Waals surface area contributed by atoms with Gasteiger partial charge < -0.3 is 14.5 Å². The molecule has 4 heteroatoms. The summed E-state index contributed by atoms with van der Waals surface area (Å²) in [4.78, 5) is 11.2. The minimum absolute atomic E-state index is 0.780. The van der Waals surface area contributed by atoms with Gasteiger partial charge in [0.05, 0.1) is 23.3 Å². The average molecular weight is 262 g/mol. The second-order valence-corrected chi connectivity index (χ2v) is 4.79. The van der Waals surface area contributed by atoms with Crippen molar-refractivity contribution in [2.24, 2.45) is 0 Å². The Labute approximate surface area is 116 Å². The number of nitrogens with zero attached hydrogens (tertiary/aromatic N) is 2. The number of aromatic nitrogens is 4. The summed E-state index contributed by atoms with van der Waals surface area (Å²) in [6, 6.07) is 16.4. The molecule has 0 aliphatic rings. The van der Waals surface area contributed by atoms with Gasteiger partial charge in [0.25, 0.3) is 0 Å². The first-order chi connectivity index (χ1) is 9.92. The predicted octanol–water partition coefficient (Wildman–Crippen LogP) is 3.41. The second-order valence-electron chi connectivity index (χ2n) is 4.79. The lowest BCUT2D eigenvalue weighted by atomic mass is 10.3. The Bertz CT molecular complexity index is 823. The normalized spacial score (nSPS) is 11.2. The van der Waals surface area contributed by atoms with E-state index in [0.29, 0.717) is 0 Å². The summed E-state index contributed by atoms with van der Waals surface area (Å²) in [6.07, 6.45) is 3.87. The number of H-pyrrole nitrogens is 2. The van der Waals surface area contributed by atoms with E-state index >= 15 is 0 Å². The molecule has 3 aromatic heterocycles. The van der Waals surface area contributed by atoms with Crippen molar-refractivity contribution in [3.8, 4) is 11.5 Å². The summed E-state index contributed by atoms with van der Waals surface area (Å²) >= 11 is 0. The average Bonchev–Trinajstić information content (AvgIpc) is 3.19. The van der Waals surface area contributed by atoms with Crippen LogP contribution >= 0.6 is 0 Å². The molecule has 1 aromatic carbocycles. The number of benzene rings is 1. The van der Waals surface area contributed by atoms with Crippen LogP contribution < -0.4 is 0 Å². The summed E-state index contributed by atoms with van der Waals surface area (Å²) in [5.41, 5.74) is 4.36. The summed E-state index contributed by atoms with van der Waals surface area (Å²) in [6.45, 7) is 0.780. The summed E-state index contributed by atoms with van der Waals surface area (Å²) < 4.78 is 2.23. The largest absolute Gasteiger partial charge is 0.364 e. The molecule has 0 amide bonds. The van der Waals surface area contributed by atoms with Gasteiger partial charge in [-0.3, -0.25) is 0 Å². The Morgan fingerprint density at radius 3 is 2.55 bits per heavy atom. The first-order valence-electron chi connectivity index (χ1n) is 6.63. The highest BCUT2D eigenvalue weighted by Gasteiger charge is 2.13. The van der Waals surface area contributed by atoms with E-state index in [1.807, 2.05) is 48.8 Å². The van der Waals surface area contributed by atoms with Gasteiger partial charge in [0.1, 0.15) is 0 Å². The van der Waals surface area contributed by atoms with E-state index in [-0.39, 0.29) is 0 Å². The Morgan fingerprint density at radius 2 is 1.75 bits per heavy atom. The van der Waals surface area contributed by atoms with Gasteiger partial charge in [0.15, 0.2) is 5.82 Å². The van der Waals surface area contributed by atoms with Crippen LogP contribution in [0.1, 0.15) is 5.69 Å². The molecule has 4 aromatic rings. The molecule has 3 heterocycles. The number of para-hydroxylation sites is 2. The minimum atomic E-state index is 0.780. The Balaban J connectivity index is 1.93. The van der Waals surface area contributed by atoms with Gasteiger partial charge in [-0.1, -0.05) is 12.1 Å². The fraction of sp³-hybridized carbons (Fsp3) is 0.0625. The van der Waals surface area contributed by atoms with E-state index in [0.717, 1.165) is 29.1 Å². The molecule has 0 unspecified atom stereocenters. The van der Waals surface area contributed by atoms with Crippen molar-refractivity contribution >= 4 is 11.0 Å². The first-order valence-corrected chi connectivity index (χ1v) is 6.63. The van der Waals surface area contributed by atoms with Crippen LogP contribution in [0.15, 0.2) is 60.9 Å². The number of rotatable bonds is 3. The molecule has 0 saturated carbocycles. The standard InChI is InChI=1S/C16H14N4/c1-2-8-15-13(6-1)19-16(14-7-4-10-18-14)20(15)11-12-5-3-9-17-12/h1-10,17-18H,11H2. The fourth-order valence-electron chi connectivity index (χ4n) is 2.55. The molecule has 98 valence electrons. The molecule has 0 aliphatic heterocycles. The van der Waals surface area contributed by atoms with Crippen molar-refractivity contribution < 1.29 is 0 Å². The van der Waals surface area contributed by atoms with Crippen LogP contribution in [0.2, 0.25) is 0 Å². The minimum Gasteiger partial charge on any atom is -0.364 e. The van der Waals surface area contributed by atoms with E-state index in [1.165, 1.54) is 5.69 Å². The number of fused-ring (bicyclic) bond motifs is 1. The highest BCUT2D eigenvalue weighted by molar-refractivity contribution is 5.80. The van der Waals surface area contributed by atoms with Crippen molar-refractivity contribution in [2.75, 3.05) is 0 Å². The molecule has 0 atom stereocenters. The summed E-state index contributed by atoms with van der Waals surface area (Å²) in [5.74, 6) is 0.964. The van der Waals surface area contributed by atoms with Crippen molar-refractivity contribution in [3.63, 3.8) is 0 Å². The van der Waals surface area contributed by atoms with Gasteiger partial charge >= 0.3 is 0 Å². The van der Waals surface area contributed by atoms with Gasteiger partial charge in [-0.2, -0.15) is 0 Å². The van der Waals surface area contributed by atoms with E-state index in [4.69, 9.17) is 4.98 Å². The maximum Gasteiger partial charge on any atom is 0.157 e. The first kappa shape index (κ1) is 11.1. The third-order valence-corrected chi connectivity index (χ3v) is 3.48. The molecule has 0 radical (unpaired) electrons. The third kappa shape index (κ3) is 1.73. The van der Waals surface area contributed by atoms with Crippen LogP contribution in [0.25, 0.3) is 22.6 Å². The van der Waals surface area contributed by atoms with Crippen molar-refractivity contribution in [2.45, 2.75) is 6.54 Å². The fourth-order valence-corrected chi connectivity index (χ4v) is 2.55. The number of aromatic amines is 2. The Kier molecular flexibility index (Phi) is 2.45. The van der Waals surface area contributed by atoms with Gasteiger partial charge in [-0.25, -0.2) is 4.98 Å². The van der Waals surface area contributed by atoms with Crippen LogP contribution in [0.5, 0.6) is 0 Å². The van der Waals surface area contributed by atoms with Crippen molar-refractivity contribution in [1.29, 1.82) is 0 Å². The molecular formula is C16H14N4. The third-order valence-electron chi connectivity index (χ3n) is 3.48. The number of imidazole rings is 1. The molecule has 2 N–H and O–H groups in total. The lowest BCUT2D eigenvalue weighted by Gasteiger charge is -2.07. The number of hydrogen-bond acceptors (Lipinski definition) is 1. The van der Waals surface area contributed by atoms with Gasteiger partial charge in [0, 0.05) is 18.1 Å². The SMILES string of the molecule is c1c[nH]c(Cn2c(-c3ccc[nH]3)nc3ccccc32)c1. The summed E-state index contributed by atoms with van der Waals surface area (Å²) in [7, 11) is 0. The quantitative estimate of drug-likeness (QED) is 0.584. The highest BCUT2D eigenvalue weighted by atomic mass is 15.1.